The molecule has 24 heavy (non-hydrogen) atoms. The van der Waals surface area contributed by atoms with Crippen LogP contribution in [0.1, 0.15) is 23.6 Å². The van der Waals surface area contributed by atoms with Crippen LogP contribution in [0.25, 0.3) is 0 Å². The fraction of sp³-hybridized carbons (Fsp3) is 0.350. The number of likely N-dealkylation sites (N-methyl/N-ethyl adjacent to an activating group) is 1. The third-order valence-electron chi connectivity index (χ3n) is 4.35. The topological polar surface area (TPSA) is 41.6 Å². The first-order valence-corrected chi connectivity index (χ1v) is 8.16. The molecule has 0 saturated heterocycles. The van der Waals surface area contributed by atoms with Gasteiger partial charge < -0.3 is 10.1 Å². The molecule has 0 radical (unpaired) electrons. The number of ether oxygens (including phenoxy) is 1. The molecule has 4 heteroatoms. The molecule has 1 amide bonds. The van der Waals surface area contributed by atoms with Crippen molar-refractivity contribution in [1.29, 1.82) is 0 Å². The number of hydrogen-bond acceptors (Lipinski definition) is 3. The lowest BCUT2D eigenvalue weighted by Gasteiger charge is -2.24. The van der Waals surface area contributed by atoms with Crippen LogP contribution in [0.4, 0.5) is 0 Å². The summed E-state index contributed by atoms with van der Waals surface area (Å²) in [5.74, 6) is 0.846. The minimum atomic E-state index is -0.192. The van der Waals surface area contributed by atoms with E-state index in [9.17, 15) is 4.79 Å². The maximum absolute atomic E-state index is 12.4. The van der Waals surface area contributed by atoms with Crippen LogP contribution >= 0.6 is 0 Å². The third-order valence-corrected chi connectivity index (χ3v) is 4.35. The molecular formula is C20H26N2O2. The summed E-state index contributed by atoms with van der Waals surface area (Å²) in [6, 6.07) is 15.8. The van der Waals surface area contributed by atoms with Gasteiger partial charge in [0.25, 0.3) is 0 Å². The SMILES string of the molecule is COc1ccc(CNC(=O)[C@@H](C)N(C)Cc2ccccc2C)cc1. The molecular weight excluding hydrogens is 300 g/mol. The fourth-order valence-corrected chi connectivity index (χ4v) is 2.47. The molecule has 128 valence electrons. The van der Waals surface area contributed by atoms with Gasteiger partial charge in [-0.15, -0.1) is 0 Å². The number of amides is 1. The van der Waals surface area contributed by atoms with E-state index in [4.69, 9.17) is 4.74 Å². The second-order valence-electron chi connectivity index (χ2n) is 6.08. The largest absolute Gasteiger partial charge is 0.497 e. The number of hydrogen-bond donors (Lipinski definition) is 1. The van der Waals surface area contributed by atoms with Crippen molar-refractivity contribution in [3.8, 4) is 5.75 Å². The van der Waals surface area contributed by atoms with Crippen molar-refractivity contribution in [3.63, 3.8) is 0 Å². The fourth-order valence-electron chi connectivity index (χ4n) is 2.47. The predicted molar refractivity (Wildman–Crippen MR) is 96.9 cm³/mol. The van der Waals surface area contributed by atoms with Crippen LogP contribution in [0, 0.1) is 6.92 Å². The van der Waals surface area contributed by atoms with E-state index in [1.165, 1.54) is 11.1 Å². The molecule has 0 saturated carbocycles. The standard InChI is InChI=1S/C20H26N2O2/c1-15-7-5-6-8-18(15)14-22(3)16(2)20(23)21-13-17-9-11-19(24-4)12-10-17/h5-12,16H,13-14H2,1-4H3,(H,21,23)/t16-/m1/s1. The number of methoxy groups -OCH3 is 1. The molecule has 0 fully saturated rings. The van der Waals surface area contributed by atoms with E-state index in [0.29, 0.717) is 6.54 Å². The highest BCUT2D eigenvalue weighted by molar-refractivity contribution is 5.81. The summed E-state index contributed by atoms with van der Waals surface area (Å²) in [5, 5.41) is 3.00. The summed E-state index contributed by atoms with van der Waals surface area (Å²) >= 11 is 0. The monoisotopic (exact) mass is 326 g/mol. The number of nitrogens with one attached hydrogen (secondary N) is 1. The zero-order valence-electron chi connectivity index (χ0n) is 14.9. The first-order chi connectivity index (χ1) is 11.5. The van der Waals surface area contributed by atoms with E-state index >= 15 is 0 Å². The minimum absolute atomic E-state index is 0.0295. The Bertz CT molecular complexity index is 668. The van der Waals surface area contributed by atoms with Gasteiger partial charge in [0.2, 0.25) is 5.91 Å². The minimum Gasteiger partial charge on any atom is -0.497 e. The quantitative estimate of drug-likeness (QED) is 0.850. The van der Waals surface area contributed by atoms with E-state index in [0.717, 1.165) is 17.9 Å². The number of benzene rings is 2. The Kier molecular flexibility index (Phi) is 6.38. The lowest BCUT2D eigenvalue weighted by molar-refractivity contribution is -0.125. The Hall–Kier alpha value is -2.33. The van der Waals surface area contributed by atoms with Crippen LogP contribution in [-0.2, 0) is 17.9 Å². The Labute approximate surface area is 144 Å². The number of carbonyl (C=O) groups is 1. The third kappa shape index (κ3) is 4.83. The zero-order valence-corrected chi connectivity index (χ0v) is 14.9. The Morgan fingerprint density at radius 3 is 2.46 bits per heavy atom. The molecule has 0 aromatic heterocycles. The van der Waals surface area contributed by atoms with Gasteiger partial charge in [-0.05, 0) is 49.7 Å². The summed E-state index contributed by atoms with van der Waals surface area (Å²) in [6.07, 6.45) is 0. The van der Waals surface area contributed by atoms with E-state index in [2.05, 4.69) is 29.3 Å². The van der Waals surface area contributed by atoms with Crippen molar-refractivity contribution in [2.75, 3.05) is 14.2 Å². The first-order valence-electron chi connectivity index (χ1n) is 8.16. The highest BCUT2D eigenvalue weighted by Crippen LogP contribution is 2.13. The zero-order chi connectivity index (χ0) is 17.5. The van der Waals surface area contributed by atoms with Crippen molar-refractivity contribution in [3.05, 3.63) is 65.2 Å². The van der Waals surface area contributed by atoms with E-state index < -0.39 is 0 Å². The molecule has 1 N–H and O–H groups in total. The van der Waals surface area contributed by atoms with Gasteiger partial charge in [-0.25, -0.2) is 0 Å². The maximum Gasteiger partial charge on any atom is 0.237 e. The number of aryl methyl sites for hydroxylation is 1. The van der Waals surface area contributed by atoms with Crippen molar-refractivity contribution in [1.82, 2.24) is 10.2 Å². The van der Waals surface area contributed by atoms with Crippen LogP contribution in [0.5, 0.6) is 5.75 Å². The number of nitrogens with zero attached hydrogens (tertiary/aromatic N) is 1. The molecule has 0 aliphatic carbocycles. The van der Waals surface area contributed by atoms with Gasteiger partial charge in [0.1, 0.15) is 5.75 Å². The Morgan fingerprint density at radius 2 is 1.83 bits per heavy atom. The number of carbonyl (C=O) groups excluding carboxylic acids is 1. The van der Waals surface area contributed by atoms with Crippen molar-refractivity contribution >= 4 is 5.91 Å². The molecule has 0 aliphatic heterocycles. The van der Waals surface area contributed by atoms with Crippen LogP contribution in [-0.4, -0.2) is 31.0 Å². The highest BCUT2D eigenvalue weighted by atomic mass is 16.5. The summed E-state index contributed by atoms with van der Waals surface area (Å²) in [4.78, 5) is 14.4. The molecule has 2 rings (SSSR count). The Balaban J connectivity index is 1.87. The average Bonchev–Trinajstić information content (AvgIpc) is 2.61. The van der Waals surface area contributed by atoms with E-state index in [1.54, 1.807) is 7.11 Å². The summed E-state index contributed by atoms with van der Waals surface area (Å²) in [5.41, 5.74) is 3.54. The van der Waals surface area contributed by atoms with Gasteiger partial charge in [-0.2, -0.15) is 0 Å². The normalized spacial score (nSPS) is 12.0. The molecule has 0 bridgehead atoms. The summed E-state index contributed by atoms with van der Waals surface area (Å²) in [6.45, 7) is 5.30. The van der Waals surface area contributed by atoms with Crippen LogP contribution < -0.4 is 10.1 Å². The molecule has 0 heterocycles. The van der Waals surface area contributed by atoms with Gasteiger partial charge >= 0.3 is 0 Å². The molecule has 0 spiro atoms. The second kappa shape index (κ2) is 8.50. The van der Waals surface area contributed by atoms with Crippen molar-refractivity contribution in [2.45, 2.75) is 33.0 Å². The molecule has 4 nitrogen and oxygen atoms in total. The van der Waals surface area contributed by atoms with Gasteiger partial charge in [-0.1, -0.05) is 36.4 Å². The first kappa shape index (κ1) is 18.0. The van der Waals surface area contributed by atoms with Gasteiger partial charge in [-0.3, -0.25) is 9.69 Å². The van der Waals surface area contributed by atoms with Crippen LogP contribution in [0.15, 0.2) is 48.5 Å². The molecule has 1 atom stereocenters. The van der Waals surface area contributed by atoms with Crippen molar-refractivity contribution in [2.24, 2.45) is 0 Å². The van der Waals surface area contributed by atoms with Gasteiger partial charge in [0.15, 0.2) is 0 Å². The maximum atomic E-state index is 12.4. The van der Waals surface area contributed by atoms with Gasteiger partial charge in [0, 0.05) is 13.1 Å². The highest BCUT2D eigenvalue weighted by Gasteiger charge is 2.18. The lowest BCUT2D eigenvalue weighted by atomic mass is 10.1. The van der Waals surface area contributed by atoms with Gasteiger partial charge in [0.05, 0.1) is 13.2 Å². The van der Waals surface area contributed by atoms with E-state index in [1.807, 2.05) is 50.4 Å². The Morgan fingerprint density at radius 1 is 1.17 bits per heavy atom. The smallest absolute Gasteiger partial charge is 0.237 e. The summed E-state index contributed by atoms with van der Waals surface area (Å²) in [7, 11) is 3.62. The second-order valence-corrected chi connectivity index (χ2v) is 6.08. The lowest BCUT2D eigenvalue weighted by Crippen LogP contribution is -2.42. The van der Waals surface area contributed by atoms with E-state index in [-0.39, 0.29) is 11.9 Å². The molecule has 2 aromatic rings. The molecule has 2 aromatic carbocycles. The predicted octanol–water partition coefficient (Wildman–Crippen LogP) is 3.14. The average molecular weight is 326 g/mol. The molecule has 0 aliphatic rings. The number of rotatable bonds is 7. The summed E-state index contributed by atoms with van der Waals surface area (Å²) < 4.78 is 5.14. The molecule has 0 unspecified atom stereocenters. The van der Waals surface area contributed by atoms with Crippen molar-refractivity contribution < 1.29 is 9.53 Å². The van der Waals surface area contributed by atoms with Crippen LogP contribution in [0.2, 0.25) is 0 Å². The van der Waals surface area contributed by atoms with Crippen LogP contribution in [0.3, 0.4) is 0 Å².